The monoisotopic (exact) mass is 575 g/mol. The van der Waals surface area contributed by atoms with Crippen molar-refractivity contribution in [3.8, 4) is 5.75 Å². The molecule has 3 N–H and O–H groups in total. The van der Waals surface area contributed by atoms with Gasteiger partial charge in [0.15, 0.2) is 0 Å². The van der Waals surface area contributed by atoms with Crippen LogP contribution >= 0.6 is 0 Å². The molecular formula is C31H41N7O4. The Morgan fingerprint density at radius 2 is 2.00 bits per heavy atom. The Bertz CT molecular complexity index is 1400. The van der Waals surface area contributed by atoms with E-state index >= 15 is 0 Å². The van der Waals surface area contributed by atoms with Crippen LogP contribution in [-0.2, 0) is 30.8 Å². The highest BCUT2D eigenvalue weighted by Crippen LogP contribution is 2.30. The molecular weight excluding hydrogens is 534 g/mol. The molecule has 2 amide bonds. The number of amides is 2. The second-order valence-electron chi connectivity index (χ2n) is 11.5. The second kappa shape index (κ2) is 13.4. The average Bonchev–Trinajstić information content (AvgIpc) is 3.40. The number of aromatic nitrogens is 4. The number of β-amino-alcohol motifs (C(OH)–C–C–N with tert-alkyl or cyclic N) is 1. The third-order valence-electron chi connectivity index (χ3n) is 8.52. The number of ether oxygens (including phenoxy) is 1. The van der Waals surface area contributed by atoms with Crippen molar-refractivity contribution in [2.24, 2.45) is 5.92 Å². The van der Waals surface area contributed by atoms with Crippen LogP contribution in [0.1, 0.15) is 63.9 Å². The number of nitrogens with one attached hydrogen (secondary N) is 2. The van der Waals surface area contributed by atoms with Crippen LogP contribution in [0.4, 0.5) is 0 Å². The minimum Gasteiger partial charge on any atom is -0.488 e. The van der Waals surface area contributed by atoms with Gasteiger partial charge < -0.3 is 20.1 Å². The van der Waals surface area contributed by atoms with Gasteiger partial charge in [-0.05, 0) is 74.3 Å². The molecule has 42 heavy (non-hydrogen) atoms. The highest BCUT2D eigenvalue weighted by atomic mass is 16.5. The number of rotatable bonds is 10. The normalized spacial score (nSPS) is 16.6. The molecule has 2 aromatic heterocycles. The first kappa shape index (κ1) is 29.7. The molecule has 1 aromatic carbocycles. The van der Waals surface area contributed by atoms with Crippen LogP contribution < -0.4 is 10.1 Å². The molecule has 11 nitrogen and oxygen atoms in total. The summed E-state index contributed by atoms with van der Waals surface area (Å²) in [6.07, 6.45) is 6.00. The molecule has 224 valence electrons. The van der Waals surface area contributed by atoms with Gasteiger partial charge in [0.25, 0.3) is 5.91 Å². The lowest BCUT2D eigenvalue weighted by Crippen LogP contribution is -2.42. The Kier molecular flexibility index (Phi) is 9.48. The van der Waals surface area contributed by atoms with Crippen molar-refractivity contribution in [3.05, 3.63) is 70.1 Å². The molecule has 4 heterocycles. The Morgan fingerprint density at radius 1 is 1.19 bits per heavy atom. The zero-order chi connectivity index (χ0) is 29.6. The number of aliphatic hydroxyl groups excluding tert-OH is 1. The van der Waals surface area contributed by atoms with Crippen LogP contribution in [-0.4, -0.2) is 85.7 Å². The molecule has 11 heteroatoms. The van der Waals surface area contributed by atoms with E-state index < -0.39 is 6.10 Å². The molecule has 1 fully saturated rings. The summed E-state index contributed by atoms with van der Waals surface area (Å²) in [6.45, 7) is 9.87. The third-order valence-corrected chi connectivity index (χ3v) is 8.52. The Balaban J connectivity index is 1.08. The quantitative estimate of drug-likeness (QED) is 0.335. The van der Waals surface area contributed by atoms with E-state index in [1.807, 2.05) is 17.9 Å². The lowest BCUT2D eigenvalue weighted by Gasteiger charge is -2.31. The molecule has 0 saturated carbocycles. The topological polar surface area (TPSA) is 137 Å². The number of aryl methyl sites for hydroxylation is 1. The lowest BCUT2D eigenvalue weighted by atomic mass is 9.92. The number of aromatic amines is 1. The number of nitrogens with zero attached hydrogens (tertiary/aromatic N) is 5. The predicted molar refractivity (Wildman–Crippen MR) is 157 cm³/mol. The van der Waals surface area contributed by atoms with Gasteiger partial charge in [0, 0.05) is 63.1 Å². The minimum absolute atomic E-state index is 0.119. The first-order valence-electron chi connectivity index (χ1n) is 14.7. The maximum Gasteiger partial charge on any atom is 0.270 e. The summed E-state index contributed by atoms with van der Waals surface area (Å²) in [5.41, 5.74) is 6.88. The SMILES string of the molecule is CC(=O)N1CCC(Cc2cc(C(=O)NC[C@H](O)CN3CCc4c(ccc(OCc5cn[nH]c5C)c4C)C3)ncn2)CC1. The number of fused-ring (bicyclic) bond motifs is 1. The zero-order valence-corrected chi connectivity index (χ0v) is 24.7. The summed E-state index contributed by atoms with van der Waals surface area (Å²) in [7, 11) is 0. The van der Waals surface area contributed by atoms with Crippen molar-refractivity contribution in [2.45, 2.75) is 65.7 Å². The van der Waals surface area contributed by atoms with Crippen molar-refractivity contribution >= 4 is 11.8 Å². The molecule has 1 saturated heterocycles. The van der Waals surface area contributed by atoms with E-state index in [0.29, 0.717) is 24.8 Å². The van der Waals surface area contributed by atoms with Gasteiger partial charge in [-0.1, -0.05) is 6.07 Å². The fourth-order valence-electron chi connectivity index (χ4n) is 5.91. The molecule has 5 rings (SSSR count). The third kappa shape index (κ3) is 7.32. The van der Waals surface area contributed by atoms with Crippen LogP contribution in [0.15, 0.2) is 30.7 Å². The minimum atomic E-state index is -0.704. The fraction of sp³-hybridized carbons (Fsp3) is 0.516. The highest BCUT2D eigenvalue weighted by Gasteiger charge is 2.24. The van der Waals surface area contributed by atoms with E-state index in [2.05, 4.69) is 43.4 Å². The van der Waals surface area contributed by atoms with Crippen LogP contribution in [0.3, 0.4) is 0 Å². The Labute approximate surface area is 246 Å². The molecule has 0 unspecified atom stereocenters. The van der Waals surface area contributed by atoms with E-state index in [1.54, 1.807) is 19.2 Å². The largest absolute Gasteiger partial charge is 0.488 e. The summed E-state index contributed by atoms with van der Waals surface area (Å²) in [5, 5.41) is 20.5. The van der Waals surface area contributed by atoms with E-state index in [1.165, 1.54) is 17.5 Å². The number of likely N-dealkylation sites (tertiary alicyclic amines) is 1. The van der Waals surface area contributed by atoms with E-state index in [9.17, 15) is 14.7 Å². The number of hydrogen-bond donors (Lipinski definition) is 3. The number of H-pyrrole nitrogens is 1. The van der Waals surface area contributed by atoms with Crippen molar-refractivity contribution in [1.29, 1.82) is 0 Å². The smallest absolute Gasteiger partial charge is 0.270 e. The van der Waals surface area contributed by atoms with Crippen molar-refractivity contribution < 1.29 is 19.4 Å². The van der Waals surface area contributed by atoms with Gasteiger partial charge in [-0.25, -0.2) is 9.97 Å². The summed E-state index contributed by atoms with van der Waals surface area (Å²) in [4.78, 5) is 37.0. The maximum absolute atomic E-state index is 12.8. The highest BCUT2D eigenvalue weighted by molar-refractivity contribution is 5.92. The van der Waals surface area contributed by atoms with Crippen LogP contribution in [0.5, 0.6) is 5.75 Å². The van der Waals surface area contributed by atoms with Gasteiger partial charge in [0.2, 0.25) is 5.91 Å². The predicted octanol–water partition coefficient (Wildman–Crippen LogP) is 2.35. The number of hydrogen-bond acceptors (Lipinski definition) is 8. The standard InChI is InChI=1S/C31H41N7O4/c1-20-28-8-9-37(16-24(28)4-5-30(20)42-18-25-14-35-36-21(25)2)17-27(40)15-32-31(41)29-13-26(33-19-34-29)12-23-6-10-38(11-7-23)22(3)39/h4-5,13-14,19,23,27,40H,6-12,15-18H2,1-3H3,(H,32,41)(H,35,36)/t27-/m0/s1. The van der Waals surface area contributed by atoms with Crippen molar-refractivity contribution in [1.82, 2.24) is 35.3 Å². The maximum atomic E-state index is 12.8. The second-order valence-corrected chi connectivity index (χ2v) is 11.5. The van der Waals surface area contributed by atoms with Crippen molar-refractivity contribution in [3.63, 3.8) is 0 Å². The number of carbonyl (C=O) groups is 2. The molecule has 0 bridgehead atoms. The van der Waals surface area contributed by atoms with Gasteiger partial charge in [-0.2, -0.15) is 5.10 Å². The first-order valence-corrected chi connectivity index (χ1v) is 14.7. The lowest BCUT2D eigenvalue weighted by molar-refractivity contribution is -0.130. The summed E-state index contributed by atoms with van der Waals surface area (Å²) < 4.78 is 6.09. The molecule has 2 aliphatic heterocycles. The average molecular weight is 576 g/mol. The Morgan fingerprint density at radius 3 is 2.74 bits per heavy atom. The number of carbonyl (C=O) groups excluding carboxylic acids is 2. The van der Waals surface area contributed by atoms with Crippen molar-refractivity contribution in [2.75, 3.05) is 32.7 Å². The molecule has 1 atom stereocenters. The van der Waals surface area contributed by atoms with E-state index in [0.717, 1.165) is 80.1 Å². The first-order chi connectivity index (χ1) is 20.3. The molecule has 0 radical (unpaired) electrons. The zero-order valence-electron chi connectivity index (χ0n) is 24.7. The summed E-state index contributed by atoms with van der Waals surface area (Å²) in [6, 6.07) is 5.87. The van der Waals surface area contributed by atoms with E-state index in [4.69, 9.17) is 4.74 Å². The number of aliphatic hydroxyl groups is 1. The molecule has 2 aliphatic rings. The number of benzene rings is 1. The van der Waals surface area contributed by atoms with Gasteiger partial charge in [0.05, 0.1) is 12.3 Å². The Hall–Kier alpha value is -3.83. The van der Waals surface area contributed by atoms with Crippen LogP contribution in [0.25, 0.3) is 0 Å². The molecule has 3 aromatic rings. The molecule has 0 aliphatic carbocycles. The molecule has 0 spiro atoms. The summed E-state index contributed by atoms with van der Waals surface area (Å²) in [5.74, 6) is 1.12. The van der Waals surface area contributed by atoms with Gasteiger partial charge in [-0.3, -0.25) is 19.6 Å². The van der Waals surface area contributed by atoms with E-state index in [-0.39, 0.29) is 18.4 Å². The van der Waals surface area contributed by atoms with Gasteiger partial charge >= 0.3 is 0 Å². The number of piperidine rings is 1. The van der Waals surface area contributed by atoms with Gasteiger partial charge in [-0.15, -0.1) is 0 Å². The summed E-state index contributed by atoms with van der Waals surface area (Å²) >= 11 is 0. The van der Waals surface area contributed by atoms with Crippen LogP contribution in [0.2, 0.25) is 0 Å². The van der Waals surface area contributed by atoms with Gasteiger partial charge in [0.1, 0.15) is 24.4 Å². The fourth-order valence-corrected chi connectivity index (χ4v) is 5.91. The van der Waals surface area contributed by atoms with Crippen LogP contribution in [0, 0.1) is 19.8 Å².